The highest BCUT2D eigenvalue weighted by atomic mass is 19.1. The summed E-state index contributed by atoms with van der Waals surface area (Å²) in [6.07, 6.45) is 3.71. The molecule has 2 aromatic carbocycles. The van der Waals surface area contributed by atoms with Gasteiger partial charge < -0.3 is 5.32 Å². The maximum Gasteiger partial charge on any atom is 0.149 e. The van der Waals surface area contributed by atoms with Crippen LogP contribution in [0.15, 0.2) is 59.9 Å². The lowest BCUT2D eigenvalue weighted by atomic mass is 10.0. The normalized spacial score (nSPS) is 11.8. The molecule has 0 saturated heterocycles. The van der Waals surface area contributed by atoms with Gasteiger partial charge in [-0.05, 0) is 86.4 Å². The van der Waals surface area contributed by atoms with Gasteiger partial charge >= 0.3 is 0 Å². The average Bonchev–Trinajstić information content (AvgIpc) is 2.78. The van der Waals surface area contributed by atoms with E-state index in [0.717, 1.165) is 39.4 Å². The van der Waals surface area contributed by atoms with Crippen LogP contribution < -0.4 is 5.32 Å². The smallest absolute Gasteiger partial charge is 0.149 e. The molecule has 164 valence electrons. The molecular weight excluding hydrogens is 401 g/mol. The third kappa shape index (κ3) is 4.08. The molecule has 4 aromatic rings. The predicted molar refractivity (Wildman–Crippen MR) is 132 cm³/mol. The van der Waals surface area contributed by atoms with Gasteiger partial charge in [-0.1, -0.05) is 6.07 Å². The maximum absolute atomic E-state index is 14.5. The molecule has 0 fully saturated rings. The largest absolute Gasteiger partial charge is 0.346 e. The quantitative estimate of drug-likeness (QED) is 0.363. The van der Waals surface area contributed by atoms with Crippen molar-refractivity contribution in [3.63, 3.8) is 0 Å². The van der Waals surface area contributed by atoms with Crippen molar-refractivity contribution in [3.05, 3.63) is 71.8 Å². The molecule has 2 heterocycles. The molecule has 2 aromatic heterocycles. The molecule has 0 aliphatic rings. The molecule has 0 aliphatic heterocycles. The van der Waals surface area contributed by atoms with Crippen molar-refractivity contribution in [3.8, 4) is 11.1 Å². The van der Waals surface area contributed by atoms with Crippen LogP contribution in [-0.4, -0.2) is 20.1 Å². The predicted octanol–water partition coefficient (Wildman–Crippen LogP) is 6.61. The van der Waals surface area contributed by atoms with E-state index in [4.69, 9.17) is 0 Å². The van der Waals surface area contributed by atoms with Gasteiger partial charge in [-0.2, -0.15) is 0 Å². The minimum Gasteiger partial charge on any atom is -0.346 e. The van der Waals surface area contributed by atoms with Crippen LogP contribution in [0.4, 0.5) is 15.9 Å². The number of nitrogens with zero attached hydrogens (tertiary/aromatic N) is 4. The molecular formula is C26H28FN5. The number of rotatable bonds is 5. The van der Waals surface area contributed by atoms with Crippen LogP contribution in [0, 0.1) is 12.7 Å². The topological polar surface area (TPSA) is 47.1 Å². The van der Waals surface area contributed by atoms with E-state index in [-0.39, 0.29) is 5.82 Å². The van der Waals surface area contributed by atoms with Gasteiger partial charge in [0.15, 0.2) is 0 Å². The summed E-state index contributed by atoms with van der Waals surface area (Å²) in [6, 6.07) is 13.9. The van der Waals surface area contributed by atoms with Crippen molar-refractivity contribution >= 4 is 33.8 Å². The van der Waals surface area contributed by atoms with Gasteiger partial charge in [-0.25, -0.2) is 9.37 Å². The van der Waals surface area contributed by atoms with Crippen LogP contribution in [0.5, 0.6) is 0 Å². The SMILES string of the molecule is CC(C)=Nc1c(C)cc(/C(C)=C/Nc2ccc(-c3ccc4c(c3)n(C)n4C)cn2)cc1F. The Morgan fingerprint density at radius 2 is 1.69 bits per heavy atom. The Kier molecular flexibility index (Phi) is 5.70. The first-order valence-electron chi connectivity index (χ1n) is 10.6. The van der Waals surface area contributed by atoms with E-state index in [2.05, 4.69) is 42.9 Å². The minimum absolute atomic E-state index is 0.313. The molecule has 32 heavy (non-hydrogen) atoms. The Balaban J connectivity index is 1.51. The van der Waals surface area contributed by atoms with E-state index in [0.29, 0.717) is 5.69 Å². The summed E-state index contributed by atoms with van der Waals surface area (Å²) < 4.78 is 18.8. The van der Waals surface area contributed by atoms with Gasteiger partial charge in [-0.15, -0.1) is 0 Å². The Hall–Kier alpha value is -3.67. The number of halogens is 1. The third-order valence-corrected chi connectivity index (χ3v) is 5.70. The highest BCUT2D eigenvalue weighted by molar-refractivity contribution is 5.84. The Morgan fingerprint density at radius 1 is 0.969 bits per heavy atom. The van der Waals surface area contributed by atoms with E-state index in [1.165, 1.54) is 17.1 Å². The fourth-order valence-corrected chi connectivity index (χ4v) is 3.76. The second kappa shape index (κ2) is 8.46. The van der Waals surface area contributed by atoms with Gasteiger partial charge in [0.25, 0.3) is 0 Å². The third-order valence-electron chi connectivity index (χ3n) is 5.70. The number of hydrogen-bond donors (Lipinski definition) is 1. The first-order chi connectivity index (χ1) is 15.2. The molecule has 0 saturated carbocycles. The number of nitrogens with one attached hydrogen (secondary N) is 1. The molecule has 0 radical (unpaired) electrons. The van der Waals surface area contributed by atoms with Crippen LogP contribution in [0.25, 0.3) is 27.7 Å². The number of allylic oxidation sites excluding steroid dienone is 1. The highest BCUT2D eigenvalue weighted by Gasteiger charge is 2.10. The summed E-state index contributed by atoms with van der Waals surface area (Å²) in [6.45, 7) is 7.54. The average molecular weight is 430 g/mol. The number of hydrogen-bond acceptors (Lipinski definition) is 3. The van der Waals surface area contributed by atoms with Gasteiger partial charge in [-0.3, -0.25) is 14.4 Å². The summed E-state index contributed by atoms with van der Waals surface area (Å²) in [5.74, 6) is 0.417. The number of anilines is 1. The van der Waals surface area contributed by atoms with E-state index in [9.17, 15) is 4.39 Å². The molecule has 0 bridgehead atoms. The maximum atomic E-state index is 14.5. The lowest BCUT2D eigenvalue weighted by Crippen LogP contribution is -2.16. The molecule has 0 atom stereocenters. The van der Waals surface area contributed by atoms with Crippen molar-refractivity contribution in [2.75, 3.05) is 5.32 Å². The van der Waals surface area contributed by atoms with Crippen molar-refractivity contribution < 1.29 is 4.39 Å². The lowest BCUT2D eigenvalue weighted by molar-refractivity contribution is 0.589. The number of aryl methyl sites for hydroxylation is 3. The van der Waals surface area contributed by atoms with Gasteiger partial charge in [0.2, 0.25) is 0 Å². The molecule has 1 N–H and O–H groups in total. The van der Waals surface area contributed by atoms with Crippen molar-refractivity contribution in [1.82, 2.24) is 14.3 Å². The Morgan fingerprint density at radius 3 is 2.34 bits per heavy atom. The molecule has 0 aliphatic carbocycles. The van der Waals surface area contributed by atoms with Crippen molar-refractivity contribution in [2.45, 2.75) is 27.7 Å². The summed E-state index contributed by atoms with van der Waals surface area (Å²) in [7, 11) is 4.09. The van der Waals surface area contributed by atoms with Gasteiger partial charge in [0.1, 0.15) is 17.3 Å². The van der Waals surface area contributed by atoms with Gasteiger partial charge in [0.05, 0.1) is 11.0 Å². The fourth-order valence-electron chi connectivity index (χ4n) is 3.76. The fraction of sp³-hybridized carbons (Fsp3) is 0.231. The number of pyridine rings is 1. The summed E-state index contributed by atoms with van der Waals surface area (Å²) in [4.78, 5) is 8.83. The zero-order valence-corrected chi connectivity index (χ0v) is 19.4. The number of aliphatic imine (C=N–C) groups is 1. The monoisotopic (exact) mass is 429 g/mol. The van der Waals surface area contributed by atoms with Gasteiger partial charge in [0, 0.05) is 37.8 Å². The van der Waals surface area contributed by atoms with E-state index in [1.54, 1.807) is 0 Å². The standard InChI is InChI=1S/C26H28FN5/c1-16(2)30-26-17(3)11-21(12-22(26)27)18(4)14-28-25-10-8-20(15-29-25)19-7-9-23-24(13-19)32(6)31(23)5/h7-15H,1-6H3,(H,28,29)/b18-14+. The summed E-state index contributed by atoms with van der Waals surface area (Å²) >= 11 is 0. The molecule has 5 nitrogen and oxygen atoms in total. The Labute approximate surface area is 187 Å². The molecule has 0 amide bonds. The van der Waals surface area contributed by atoms with Crippen LogP contribution in [-0.2, 0) is 14.1 Å². The molecule has 6 heteroatoms. The van der Waals surface area contributed by atoms with Crippen LogP contribution in [0.2, 0.25) is 0 Å². The summed E-state index contributed by atoms with van der Waals surface area (Å²) in [5.41, 5.74) is 8.38. The van der Waals surface area contributed by atoms with E-state index in [1.807, 2.05) is 72.4 Å². The zero-order valence-electron chi connectivity index (χ0n) is 19.4. The number of aromatic nitrogens is 3. The first-order valence-corrected chi connectivity index (χ1v) is 10.6. The second-order valence-corrected chi connectivity index (χ2v) is 8.34. The molecule has 0 spiro atoms. The minimum atomic E-state index is -0.313. The van der Waals surface area contributed by atoms with Crippen LogP contribution in [0.1, 0.15) is 31.9 Å². The molecule has 0 unspecified atom stereocenters. The van der Waals surface area contributed by atoms with E-state index >= 15 is 0 Å². The number of fused-ring (bicyclic) bond motifs is 1. The second-order valence-electron chi connectivity index (χ2n) is 8.34. The first kappa shape index (κ1) is 21.6. The number of benzene rings is 2. The summed E-state index contributed by atoms with van der Waals surface area (Å²) in [5, 5.41) is 3.21. The van der Waals surface area contributed by atoms with Crippen LogP contribution in [0.3, 0.4) is 0 Å². The lowest BCUT2D eigenvalue weighted by Gasteiger charge is -2.20. The van der Waals surface area contributed by atoms with Crippen molar-refractivity contribution in [1.29, 1.82) is 0 Å². The van der Waals surface area contributed by atoms with Crippen molar-refractivity contribution in [2.24, 2.45) is 19.1 Å². The Bertz CT molecular complexity index is 1330. The zero-order chi connectivity index (χ0) is 23.0. The van der Waals surface area contributed by atoms with E-state index < -0.39 is 0 Å². The van der Waals surface area contributed by atoms with Crippen LogP contribution >= 0.6 is 0 Å². The highest BCUT2D eigenvalue weighted by Crippen LogP contribution is 2.29. The molecule has 4 rings (SSSR count).